The van der Waals surface area contributed by atoms with E-state index in [1.54, 1.807) is 0 Å². The highest BCUT2D eigenvalue weighted by atomic mass is 16.6. The van der Waals surface area contributed by atoms with Crippen molar-refractivity contribution >= 4 is 29.1 Å². The molecule has 13 nitrogen and oxygen atoms in total. The Bertz CT molecular complexity index is 1500. The quantitative estimate of drug-likeness (QED) is 0.134. The van der Waals surface area contributed by atoms with E-state index < -0.39 is 50.1 Å². The molecule has 2 aromatic carbocycles. The molecule has 2 heterocycles. The smallest absolute Gasteiger partial charge is 0.341 e. The lowest BCUT2D eigenvalue weighted by molar-refractivity contribution is -0.385. The summed E-state index contributed by atoms with van der Waals surface area (Å²) < 4.78 is 20.1. The van der Waals surface area contributed by atoms with Gasteiger partial charge >= 0.3 is 11.9 Å². The van der Waals surface area contributed by atoms with Crippen LogP contribution in [0.2, 0.25) is 0 Å². The van der Waals surface area contributed by atoms with Crippen LogP contribution in [0.4, 0.5) is 11.4 Å². The Hall–Kier alpha value is -5.59. The summed E-state index contributed by atoms with van der Waals surface area (Å²) in [4.78, 5) is 59.7. The number of ketones is 1. The van der Waals surface area contributed by atoms with Crippen LogP contribution in [0.15, 0.2) is 69.9 Å². The molecule has 0 amide bonds. The van der Waals surface area contributed by atoms with Crippen LogP contribution in [0.25, 0.3) is 22.6 Å². The molecule has 0 spiro atoms. The molecule has 0 saturated heterocycles. The number of carbonyl (C=O) groups excluding carboxylic acids is 3. The number of ether oxygens (including phenoxy) is 2. The van der Waals surface area contributed by atoms with E-state index in [0.717, 1.165) is 38.5 Å². The molecular weight excluding hydrogens is 504 g/mol. The Morgan fingerprint density at radius 1 is 0.658 bits per heavy atom. The Morgan fingerprint density at radius 2 is 1.05 bits per heavy atom. The summed E-state index contributed by atoms with van der Waals surface area (Å²) in [5.74, 6) is -2.61. The maximum absolute atomic E-state index is 13.6. The lowest BCUT2D eigenvalue weighted by atomic mass is 9.95. The summed E-state index contributed by atoms with van der Waals surface area (Å²) >= 11 is 0. The summed E-state index contributed by atoms with van der Waals surface area (Å²) in [6.45, 7) is 0. The van der Waals surface area contributed by atoms with E-state index >= 15 is 0 Å². The van der Waals surface area contributed by atoms with E-state index in [1.807, 2.05) is 0 Å². The van der Waals surface area contributed by atoms with Gasteiger partial charge < -0.3 is 18.3 Å². The Morgan fingerprint density at radius 3 is 1.39 bits per heavy atom. The summed E-state index contributed by atoms with van der Waals surface area (Å²) in [6.07, 6.45) is 2.39. The predicted octanol–water partition coefficient (Wildman–Crippen LogP) is 4.83. The van der Waals surface area contributed by atoms with Gasteiger partial charge in [0.25, 0.3) is 11.4 Å². The van der Waals surface area contributed by atoms with E-state index in [4.69, 9.17) is 18.3 Å². The molecule has 2 aromatic heterocycles. The summed E-state index contributed by atoms with van der Waals surface area (Å²) in [6, 6.07) is 9.38. The largest absolute Gasteiger partial charge is 0.465 e. The molecule has 0 atom stereocenters. The Labute approximate surface area is 212 Å². The average Bonchev–Trinajstić information content (AvgIpc) is 3.61. The van der Waals surface area contributed by atoms with E-state index in [2.05, 4.69) is 0 Å². The minimum absolute atomic E-state index is 0.000823. The van der Waals surface area contributed by atoms with Crippen LogP contribution in [0, 0.1) is 20.2 Å². The summed E-state index contributed by atoms with van der Waals surface area (Å²) in [5, 5.41) is 23.5. The second kappa shape index (κ2) is 10.2. The van der Waals surface area contributed by atoms with Crippen molar-refractivity contribution in [3.05, 3.63) is 104 Å². The number of methoxy groups -OCH3 is 2. The first kappa shape index (κ1) is 25.5. The van der Waals surface area contributed by atoms with Gasteiger partial charge in [-0.1, -0.05) is 0 Å². The minimum atomic E-state index is -1.07. The van der Waals surface area contributed by atoms with Gasteiger partial charge in [0.05, 0.1) is 36.6 Å². The number of hydrogen-bond acceptors (Lipinski definition) is 11. The van der Waals surface area contributed by atoms with Gasteiger partial charge in [-0.2, -0.15) is 0 Å². The molecule has 0 bridgehead atoms. The highest BCUT2D eigenvalue weighted by molar-refractivity contribution is 6.15. The number of benzene rings is 2. The molecule has 0 aliphatic carbocycles. The van der Waals surface area contributed by atoms with Crippen LogP contribution < -0.4 is 0 Å². The SMILES string of the molecule is COC(=O)c1ccoc1-c1ccc([N+](=O)[O-])c(C(=O)c2cc(-c3occc3C(=O)OC)ccc2[N+](=O)[O-])c1. The molecule has 4 aromatic rings. The van der Waals surface area contributed by atoms with Crippen molar-refractivity contribution in [2.24, 2.45) is 0 Å². The third-order valence-corrected chi connectivity index (χ3v) is 5.54. The number of nitrogens with zero attached hydrogens (tertiary/aromatic N) is 2. The van der Waals surface area contributed by atoms with Crippen LogP contribution in [0.3, 0.4) is 0 Å². The van der Waals surface area contributed by atoms with Gasteiger partial charge in [0, 0.05) is 23.3 Å². The zero-order chi connectivity index (χ0) is 27.6. The van der Waals surface area contributed by atoms with Crippen LogP contribution in [0.1, 0.15) is 36.6 Å². The normalized spacial score (nSPS) is 10.6. The van der Waals surface area contributed by atoms with Crippen molar-refractivity contribution in [3.63, 3.8) is 0 Å². The highest BCUT2D eigenvalue weighted by Gasteiger charge is 2.30. The first-order chi connectivity index (χ1) is 18.2. The fourth-order valence-electron chi connectivity index (χ4n) is 3.79. The van der Waals surface area contributed by atoms with Crippen molar-refractivity contribution in [2.75, 3.05) is 14.2 Å². The molecule has 0 radical (unpaired) electrons. The number of nitro benzene ring substituents is 2. The highest BCUT2D eigenvalue weighted by Crippen LogP contribution is 2.35. The zero-order valence-corrected chi connectivity index (χ0v) is 19.7. The standard InChI is InChI=1S/C25H16N2O11/c1-35-24(29)15-7-9-37-22(15)13-3-5-19(26(31)32)17(11-13)21(28)18-12-14(4-6-20(18)27(33)34)23-16(8-10-38-23)25(30)36-2/h3-12H,1-2H3. The van der Waals surface area contributed by atoms with Crippen molar-refractivity contribution in [1.29, 1.82) is 0 Å². The van der Waals surface area contributed by atoms with E-state index in [-0.39, 0.29) is 33.8 Å². The molecule has 13 heteroatoms. The first-order valence-corrected chi connectivity index (χ1v) is 10.6. The zero-order valence-electron chi connectivity index (χ0n) is 19.7. The van der Waals surface area contributed by atoms with E-state index in [9.17, 15) is 34.6 Å². The molecule has 0 fully saturated rings. The maximum Gasteiger partial charge on any atom is 0.341 e. The Kier molecular flexibility index (Phi) is 6.83. The Balaban J connectivity index is 1.90. The number of carbonyl (C=O) groups is 3. The molecule has 38 heavy (non-hydrogen) atoms. The molecule has 0 saturated carbocycles. The summed E-state index contributed by atoms with van der Waals surface area (Å²) in [5.41, 5.74) is -2.07. The van der Waals surface area contributed by atoms with Crippen LogP contribution in [-0.2, 0) is 9.47 Å². The van der Waals surface area contributed by atoms with Crippen LogP contribution in [-0.4, -0.2) is 41.8 Å². The lowest BCUT2D eigenvalue weighted by Gasteiger charge is -2.09. The van der Waals surface area contributed by atoms with E-state index in [0.29, 0.717) is 0 Å². The van der Waals surface area contributed by atoms with Crippen molar-refractivity contribution in [3.8, 4) is 22.6 Å². The van der Waals surface area contributed by atoms with Gasteiger partial charge in [0.15, 0.2) is 0 Å². The van der Waals surface area contributed by atoms with Crippen LogP contribution >= 0.6 is 0 Å². The maximum atomic E-state index is 13.6. The predicted molar refractivity (Wildman–Crippen MR) is 128 cm³/mol. The fraction of sp³-hybridized carbons (Fsp3) is 0.0800. The first-order valence-electron chi connectivity index (χ1n) is 10.6. The van der Waals surface area contributed by atoms with E-state index in [1.165, 1.54) is 36.8 Å². The van der Waals surface area contributed by atoms with Gasteiger partial charge in [-0.15, -0.1) is 0 Å². The second-order valence-electron chi connectivity index (χ2n) is 7.62. The number of furan rings is 2. The van der Waals surface area contributed by atoms with Crippen molar-refractivity contribution in [1.82, 2.24) is 0 Å². The topological polar surface area (TPSA) is 182 Å². The number of nitro groups is 2. The molecular formula is C25H16N2O11. The monoisotopic (exact) mass is 520 g/mol. The summed E-state index contributed by atoms with van der Waals surface area (Å²) in [7, 11) is 2.31. The molecule has 0 aliphatic heterocycles. The van der Waals surface area contributed by atoms with Gasteiger partial charge in [-0.05, 0) is 36.4 Å². The third kappa shape index (κ3) is 4.51. The van der Waals surface area contributed by atoms with Crippen molar-refractivity contribution < 1.29 is 42.5 Å². The lowest BCUT2D eigenvalue weighted by Crippen LogP contribution is -2.09. The molecule has 0 aliphatic rings. The number of hydrogen-bond donors (Lipinski definition) is 0. The van der Waals surface area contributed by atoms with Gasteiger partial charge in [-0.25, -0.2) is 9.59 Å². The van der Waals surface area contributed by atoms with Gasteiger partial charge in [-0.3, -0.25) is 25.0 Å². The van der Waals surface area contributed by atoms with Crippen LogP contribution in [0.5, 0.6) is 0 Å². The minimum Gasteiger partial charge on any atom is -0.465 e. The number of esters is 2. The second-order valence-corrected chi connectivity index (χ2v) is 7.62. The third-order valence-electron chi connectivity index (χ3n) is 5.54. The molecule has 192 valence electrons. The fourth-order valence-corrected chi connectivity index (χ4v) is 3.79. The molecule has 0 unspecified atom stereocenters. The number of rotatable bonds is 8. The van der Waals surface area contributed by atoms with Crippen molar-refractivity contribution in [2.45, 2.75) is 0 Å². The molecule has 0 N–H and O–H groups in total. The average molecular weight is 520 g/mol. The van der Waals surface area contributed by atoms with Gasteiger partial charge in [0.2, 0.25) is 5.78 Å². The molecule has 4 rings (SSSR count). The van der Waals surface area contributed by atoms with Gasteiger partial charge in [0.1, 0.15) is 33.8 Å².